The minimum atomic E-state index is -0.290. The molecular formula is C22H21FN2O. The number of fused-ring (bicyclic) bond motifs is 3. The van der Waals surface area contributed by atoms with E-state index in [1.54, 1.807) is 7.11 Å². The van der Waals surface area contributed by atoms with E-state index < -0.39 is 0 Å². The van der Waals surface area contributed by atoms with Gasteiger partial charge in [-0.25, -0.2) is 9.37 Å². The van der Waals surface area contributed by atoms with Crippen LogP contribution in [0.25, 0.3) is 27.6 Å². The Kier molecular flexibility index (Phi) is 3.72. The summed E-state index contributed by atoms with van der Waals surface area (Å²) in [6.07, 6.45) is 1.81. The molecule has 0 amide bonds. The Morgan fingerprint density at radius 1 is 1.00 bits per heavy atom. The molecule has 3 nitrogen and oxygen atoms in total. The Bertz CT molecular complexity index is 1120. The first-order valence-corrected chi connectivity index (χ1v) is 8.64. The Balaban J connectivity index is 2.13. The number of hydrogen-bond donors (Lipinski definition) is 0. The SMILES string of the molecule is COc1cc(F)c2c3ccccc3n(-c3cc(C(C)(C)C)ccn3)c2c1. The lowest BCUT2D eigenvalue weighted by Gasteiger charge is -2.20. The standard InChI is InChI=1S/C22H21FN2O/c1-22(2,3)14-9-10-24-20(11-14)25-18-8-6-5-7-16(18)21-17(23)12-15(26-4)13-19(21)25/h5-13H,1-4H3. The molecule has 4 rings (SSSR count). The van der Waals surface area contributed by atoms with Gasteiger partial charge in [0, 0.05) is 29.1 Å². The van der Waals surface area contributed by atoms with Crippen LogP contribution in [-0.4, -0.2) is 16.7 Å². The molecular weight excluding hydrogens is 327 g/mol. The third-order valence-corrected chi connectivity index (χ3v) is 4.77. The molecule has 0 aliphatic heterocycles. The smallest absolute Gasteiger partial charge is 0.137 e. The van der Waals surface area contributed by atoms with E-state index in [9.17, 15) is 4.39 Å². The summed E-state index contributed by atoms with van der Waals surface area (Å²) in [5.74, 6) is 0.976. The number of aromatic nitrogens is 2. The maximum absolute atomic E-state index is 14.8. The van der Waals surface area contributed by atoms with Gasteiger partial charge < -0.3 is 4.74 Å². The van der Waals surface area contributed by atoms with Gasteiger partial charge in [0.1, 0.15) is 17.4 Å². The van der Waals surface area contributed by atoms with Crippen LogP contribution in [0, 0.1) is 5.82 Å². The molecule has 0 unspecified atom stereocenters. The van der Waals surface area contributed by atoms with Crippen LogP contribution in [0.3, 0.4) is 0 Å². The van der Waals surface area contributed by atoms with Crippen LogP contribution < -0.4 is 4.74 Å². The van der Waals surface area contributed by atoms with Gasteiger partial charge in [-0.3, -0.25) is 4.57 Å². The second kappa shape index (κ2) is 5.84. The molecule has 0 aliphatic rings. The van der Waals surface area contributed by atoms with E-state index in [0.29, 0.717) is 11.1 Å². The average molecular weight is 348 g/mol. The topological polar surface area (TPSA) is 27.1 Å². The highest BCUT2D eigenvalue weighted by molar-refractivity contribution is 6.09. The van der Waals surface area contributed by atoms with Crippen LogP contribution in [0.2, 0.25) is 0 Å². The second-order valence-corrected chi connectivity index (χ2v) is 7.51. The van der Waals surface area contributed by atoms with Crippen molar-refractivity contribution in [2.75, 3.05) is 7.11 Å². The summed E-state index contributed by atoms with van der Waals surface area (Å²) >= 11 is 0. The Morgan fingerprint density at radius 2 is 1.77 bits per heavy atom. The van der Waals surface area contributed by atoms with E-state index in [0.717, 1.165) is 22.2 Å². The lowest BCUT2D eigenvalue weighted by atomic mass is 9.88. The molecule has 132 valence electrons. The molecule has 0 aliphatic carbocycles. The summed E-state index contributed by atoms with van der Waals surface area (Å²) in [5.41, 5.74) is 2.85. The number of hydrogen-bond acceptors (Lipinski definition) is 2. The lowest BCUT2D eigenvalue weighted by Crippen LogP contribution is -2.12. The van der Waals surface area contributed by atoms with Crippen LogP contribution in [0.1, 0.15) is 26.3 Å². The Morgan fingerprint density at radius 3 is 2.50 bits per heavy atom. The number of para-hydroxylation sites is 1. The fraction of sp³-hybridized carbons (Fsp3) is 0.227. The Labute approximate surface area is 152 Å². The first kappa shape index (κ1) is 16.6. The molecule has 2 heterocycles. The summed E-state index contributed by atoms with van der Waals surface area (Å²) in [4.78, 5) is 4.58. The molecule has 2 aromatic carbocycles. The van der Waals surface area contributed by atoms with E-state index in [1.807, 2.05) is 47.2 Å². The molecule has 0 saturated carbocycles. The van der Waals surface area contributed by atoms with Crippen molar-refractivity contribution in [1.29, 1.82) is 0 Å². The summed E-state index contributed by atoms with van der Waals surface area (Å²) in [7, 11) is 1.55. The van der Waals surface area contributed by atoms with E-state index in [-0.39, 0.29) is 11.2 Å². The second-order valence-electron chi connectivity index (χ2n) is 7.51. The van der Waals surface area contributed by atoms with Crippen molar-refractivity contribution in [2.45, 2.75) is 26.2 Å². The van der Waals surface area contributed by atoms with Gasteiger partial charge in [0.25, 0.3) is 0 Å². The largest absolute Gasteiger partial charge is 0.497 e. The van der Waals surface area contributed by atoms with Crippen LogP contribution in [0.4, 0.5) is 4.39 Å². The van der Waals surface area contributed by atoms with Gasteiger partial charge in [0.2, 0.25) is 0 Å². The highest BCUT2D eigenvalue weighted by Gasteiger charge is 2.19. The zero-order chi connectivity index (χ0) is 18.5. The van der Waals surface area contributed by atoms with Gasteiger partial charge in [-0.1, -0.05) is 39.0 Å². The van der Waals surface area contributed by atoms with Gasteiger partial charge in [-0.05, 0) is 29.2 Å². The molecule has 0 fully saturated rings. The van der Waals surface area contributed by atoms with Crippen molar-refractivity contribution in [3.05, 3.63) is 66.1 Å². The maximum Gasteiger partial charge on any atom is 0.137 e. The molecule has 0 saturated heterocycles. The molecule has 0 radical (unpaired) electrons. The van der Waals surface area contributed by atoms with Crippen molar-refractivity contribution < 1.29 is 9.13 Å². The predicted molar refractivity (Wildman–Crippen MR) is 104 cm³/mol. The zero-order valence-corrected chi connectivity index (χ0v) is 15.4. The molecule has 0 N–H and O–H groups in total. The van der Waals surface area contributed by atoms with Crippen molar-refractivity contribution in [1.82, 2.24) is 9.55 Å². The van der Waals surface area contributed by atoms with Gasteiger partial charge in [0.15, 0.2) is 0 Å². The molecule has 2 aromatic heterocycles. The first-order valence-electron chi connectivity index (χ1n) is 8.64. The van der Waals surface area contributed by atoms with Crippen molar-refractivity contribution >= 4 is 21.8 Å². The average Bonchev–Trinajstić information content (AvgIpc) is 2.95. The Hall–Kier alpha value is -2.88. The van der Waals surface area contributed by atoms with Crippen LogP contribution in [0.15, 0.2) is 54.7 Å². The fourth-order valence-corrected chi connectivity index (χ4v) is 3.39. The maximum atomic E-state index is 14.8. The molecule has 0 bridgehead atoms. The number of ether oxygens (including phenoxy) is 1. The third-order valence-electron chi connectivity index (χ3n) is 4.77. The quantitative estimate of drug-likeness (QED) is 0.470. The minimum absolute atomic E-state index is 0.000605. The summed E-state index contributed by atoms with van der Waals surface area (Å²) < 4.78 is 22.1. The number of methoxy groups -OCH3 is 1. The van der Waals surface area contributed by atoms with Crippen molar-refractivity contribution in [3.63, 3.8) is 0 Å². The highest BCUT2D eigenvalue weighted by atomic mass is 19.1. The summed E-state index contributed by atoms with van der Waals surface area (Å²) in [6, 6.07) is 15.2. The fourth-order valence-electron chi connectivity index (χ4n) is 3.39. The van der Waals surface area contributed by atoms with Gasteiger partial charge >= 0.3 is 0 Å². The number of benzene rings is 2. The number of pyridine rings is 1. The highest BCUT2D eigenvalue weighted by Crippen LogP contribution is 2.36. The van der Waals surface area contributed by atoms with Crippen molar-refractivity contribution in [3.8, 4) is 11.6 Å². The van der Waals surface area contributed by atoms with Crippen LogP contribution in [-0.2, 0) is 5.41 Å². The lowest BCUT2D eigenvalue weighted by molar-refractivity contribution is 0.412. The molecule has 4 heteroatoms. The van der Waals surface area contributed by atoms with Gasteiger partial charge in [-0.15, -0.1) is 0 Å². The zero-order valence-electron chi connectivity index (χ0n) is 15.4. The minimum Gasteiger partial charge on any atom is -0.497 e. The third kappa shape index (κ3) is 2.53. The van der Waals surface area contributed by atoms with E-state index in [4.69, 9.17) is 4.74 Å². The molecule has 0 atom stereocenters. The van der Waals surface area contributed by atoms with Crippen molar-refractivity contribution in [2.24, 2.45) is 0 Å². The van der Waals surface area contributed by atoms with E-state index in [1.165, 1.54) is 11.6 Å². The first-order chi connectivity index (χ1) is 12.4. The van der Waals surface area contributed by atoms with Crippen LogP contribution in [0.5, 0.6) is 5.75 Å². The predicted octanol–water partition coefficient (Wildman–Crippen LogP) is 5.62. The molecule has 4 aromatic rings. The monoisotopic (exact) mass is 348 g/mol. The van der Waals surface area contributed by atoms with Gasteiger partial charge in [-0.2, -0.15) is 0 Å². The number of halogens is 1. The summed E-state index contributed by atoms with van der Waals surface area (Å²) in [6.45, 7) is 6.50. The summed E-state index contributed by atoms with van der Waals surface area (Å²) in [5, 5.41) is 1.45. The number of nitrogens with zero attached hydrogens (tertiary/aromatic N) is 2. The van der Waals surface area contributed by atoms with E-state index >= 15 is 0 Å². The van der Waals surface area contributed by atoms with Crippen LogP contribution >= 0.6 is 0 Å². The number of rotatable bonds is 2. The van der Waals surface area contributed by atoms with Gasteiger partial charge in [0.05, 0.1) is 18.1 Å². The molecule has 0 spiro atoms. The molecule has 26 heavy (non-hydrogen) atoms. The normalized spacial score (nSPS) is 12.0. The van der Waals surface area contributed by atoms with E-state index in [2.05, 4.69) is 31.8 Å².